The van der Waals surface area contributed by atoms with E-state index in [2.05, 4.69) is 25.2 Å². The van der Waals surface area contributed by atoms with Gasteiger partial charge in [0.05, 0.1) is 13.5 Å². The maximum atomic E-state index is 12.4. The van der Waals surface area contributed by atoms with Crippen LogP contribution in [0.1, 0.15) is 25.1 Å². The summed E-state index contributed by atoms with van der Waals surface area (Å²) in [7, 11) is 1.27. The van der Waals surface area contributed by atoms with E-state index in [0.29, 0.717) is 30.7 Å². The molecule has 3 heterocycles. The van der Waals surface area contributed by atoms with Crippen molar-refractivity contribution in [2.75, 3.05) is 39.8 Å². The molecule has 0 spiro atoms. The van der Waals surface area contributed by atoms with E-state index in [-0.39, 0.29) is 24.8 Å². The lowest BCUT2D eigenvalue weighted by Crippen LogP contribution is -2.46. The average Bonchev–Trinajstić information content (AvgIpc) is 3.37. The minimum absolute atomic E-state index is 0.0497. The number of piperidine rings is 1. The van der Waals surface area contributed by atoms with Crippen LogP contribution in [-0.2, 0) is 20.7 Å². The zero-order chi connectivity index (χ0) is 19.2. The number of nitrogens with one attached hydrogen (secondary N) is 2. The number of aromatic nitrogens is 3. The fourth-order valence-electron chi connectivity index (χ4n) is 3.92. The van der Waals surface area contributed by atoms with Gasteiger partial charge < -0.3 is 19.9 Å². The lowest BCUT2D eigenvalue weighted by Gasteiger charge is -2.35. The summed E-state index contributed by atoms with van der Waals surface area (Å²) in [6.45, 7) is 2.80. The number of rotatable bonds is 5. The number of hydrogen-bond donors (Lipinski definition) is 2. The maximum Gasteiger partial charge on any atom is 0.407 e. The second kappa shape index (κ2) is 8.83. The van der Waals surface area contributed by atoms with E-state index >= 15 is 0 Å². The smallest absolute Gasteiger partial charge is 0.407 e. The summed E-state index contributed by atoms with van der Waals surface area (Å²) < 4.78 is 4.49. The molecule has 10 heteroatoms. The van der Waals surface area contributed by atoms with Crippen molar-refractivity contribution in [3.05, 3.63) is 12.2 Å². The number of amides is 3. The van der Waals surface area contributed by atoms with Crippen LogP contribution in [-0.4, -0.2) is 82.7 Å². The predicted molar refractivity (Wildman–Crippen MR) is 94.5 cm³/mol. The molecule has 1 aromatic heterocycles. The van der Waals surface area contributed by atoms with E-state index in [1.54, 1.807) is 0 Å². The third-order valence-electron chi connectivity index (χ3n) is 5.41. The molecule has 2 atom stereocenters. The lowest BCUT2D eigenvalue weighted by molar-refractivity contribution is -0.133. The monoisotopic (exact) mass is 378 g/mol. The molecule has 10 nitrogen and oxygen atoms in total. The first-order chi connectivity index (χ1) is 13.1. The molecule has 2 N–H and O–H groups in total. The number of H-pyrrole nitrogens is 1. The number of nitrogens with zero attached hydrogens (tertiary/aromatic N) is 4. The number of carbonyl (C=O) groups excluding carboxylic acids is 3. The molecule has 3 amide bonds. The number of aromatic amines is 1. The molecule has 2 fully saturated rings. The Morgan fingerprint density at radius 2 is 1.93 bits per heavy atom. The van der Waals surface area contributed by atoms with Crippen LogP contribution in [0.5, 0.6) is 0 Å². The fraction of sp³-hybridized carbons (Fsp3) is 0.706. The molecule has 2 saturated heterocycles. The quantitative estimate of drug-likeness (QED) is 0.731. The van der Waals surface area contributed by atoms with Crippen molar-refractivity contribution in [3.8, 4) is 0 Å². The van der Waals surface area contributed by atoms with Gasteiger partial charge in [0.25, 0.3) is 0 Å². The first kappa shape index (κ1) is 19.1. The van der Waals surface area contributed by atoms with Gasteiger partial charge in [-0.15, -0.1) is 0 Å². The molecule has 1 aromatic rings. The van der Waals surface area contributed by atoms with E-state index in [4.69, 9.17) is 0 Å². The van der Waals surface area contributed by atoms with Crippen LogP contribution in [0.15, 0.2) is 6.33 Å². The molecule has 0 radical (unpaired) electrons. The van der Waals surface area contributed by atoms with Crippen molar-refractivity contribution < 1.29 is 19.1 Å². The van der Waals surface area contributed by atoms with Crippen molar-refractivity contribution >= 4 is 17.9 Å². The summed E-state index contributed by atoms with van der Waals surface area (Å²) in [5.74, 6) is 1.31. The van der Waals surface area contributed by atoms with E-state index in [1.165, 1.54) is 13.4 Å². The number of alkyl carbamates (subject to hydrolysis) is 1. The highest BCUT2D eigenvalue weighted by molar-refractivity contribution is 5.82. The summed E-state index contributed by atoms with van der Waals surface area (Å²) in [5, 5.41) is 8.92. The molecule has 3 rings (SSSR count). The molecule has 0 aromatic carbocycles. The second-order valence-corrected chi connectivity index (χ2v) is 7.08. The van der Waals surface area contributed by atoms with E-state index in [0.717, 1.165) is 32.4 Å². The highest BCUT2D eigenvalue weighted by Crippen LogP contribution is 2.31. The van der Waals surface area contributed by atoms with Crippen LogP contribution in [0, 0.1) is 11.8 Å². The zero-order valence-corrected chi connectivity index (χ0v) is 15.5. The van der Waals surface area contributed by atoms with Crippen LogP contribution in [0.2, 0.25) is 0 Å². The first-order valence-corrected chi connectivity index (χ1v) is 9.28. The fourth-order valence-corrected chi connectivity index (χ4v) is 3.92. The molecular weight excluding hydrogens is 352 g/mol. The van der Waals surface area contributed by atoms with Gasteiger partial charge in [0.15, 0.2) is 0 Å². The van der Waals surface area contributed by atoms with Gasteiger partial charge in [-0.1, -0.05) is 0 Å². The highest BCUT2D eigenvalue weighted by atomic mass is 16.5. The molecule has 27 heavy (non-hydrogen) atoms. The van der Waals surface area contributed by atoms with Gasteiger partial charge in [-0.25, -0.2) is 9.78 Å². The minimum Gasteiger partial charge on any atom is -0.453 e. The summed E-state index contributed by atoms with van der Waals surface area (Å²) in [4.78, 5) is 43.5. The summed E-state index contributed by atoms with van der Waals surface area (Å²) >= 11 is 0. The number of likely N-dealkylation sites (tertiary alicyclic amines) is 2. The normalized spacial score (nSPS) is 22.6. The maximum absolute atomic E-state index is 12.4. The molecular formula is C17H26N6O4. The summed E-state index contributed by atoms with van der Waals surface area (Å²) in [6, 6.07) is 0. The number of carbonyl (C=O) groups is 3. The van der Waals surface area contributed by atoms with Crippen LogP contribution < -0.4 is 5.32 Å². The Morgan fingerprint density at radius 3 is 2.63 bits per heavy atom. The number of methoxy groups -OCH3 is 1. The summed E-state index contributed by atoms with van der Waals surface area (Å²) in [5.41, 5.74) is 0. The van der Waals surface area contributed by atoms with Crippen molar-refractivity contribution in [1.29, 1.82) is 0 Å². The van der Waals surface area contributed by atoms with Crippen molar-refractivity contribution in [3.63, 3.8) is 0 Å². The zero-order valence-electron chi connectivity index (χ0n) is 15.5. The predicted octanol–water partition coefficient (Wildman–Crippen LogP) is -0.210. The molecule has 0 bridgehead atoms. The van der Waals surface area contributed by atoms with Crippen LogP contribution >= 0.6 is 0 Å². The Labute approximate surface area is 157 Å². The second-order valence-electron chi connectivity index (χ2n) is 7.08. The largest absolute Gasteiger partial charge is 0.453 e. The van der Waals surface area contributed by atoms with Gasteiger partial charge in [-0.05, 0) is 31.1 Å². The Kier molecular flexibility index (Phi) is 6.25. The first-order valence-electron chi connectivity index (χ1n) is 9.28. The van der Waals surface area contributed by atoms with Crippen molar-refractivity contribution in [2.45, 2.75) is 25.7 Å². The summed E-state index contributed by atoms with van der Waals surface area (Å²) in [6.07, 6.45) is 3.99. The molecule has 0 aliphatic carbocycles. The standard InChI is InChI=1S/C17H26N6O4/c1-27-17(26)18-8-16(25)22-5-2-3-12(9-22)13-4-6-23(10-13)15(24)7-14-19-11-20-21-14/h11-13H,2-10H2,1H3,(H,18,26)(H,19,20,21). The van der Waals surface area contributed by atoms with Crippen molar-refractivity contribution in [2.24, 2.45) is 11.8 Å². The van der Waals surface area contributed by atoms with Gasteiger partial charge in [0.2, 0.25) is 11.8 Å². The van der Waals surface area contributed by atoms with Crippen LogP contribution in [0.25, 0.3) is 0 Å². The average molecular weight is 378 g/mol. The Hall–Kier alpha value is -2.65. The highest BCUT2D eigenvalue weighted by Gasteiger charge is 2.35. The van der Waals surface area contributed by atoms with Gasteiger partial charge in [0.1, 0.15) is 18.7 Å². The van der Waals surface area contributed by atoms with Gasteiger partial charge in [0, 0.05) is 26.2 Å². The van der Waals surface area contributed by atoms with Crippen LogP contribution in [0.4, 0.5) is 4.79 Å². The van der Waals surface area contributed by atoms with E-state index in [1.807, 2.05) is 9.80 Å². The lowest BCUT2D eigenvalue weighted by atomic mass is 9.85. The Bertz CT molecular complexity index is 664. The van der Waals surface area contributed by atoms with Gasteiger partial charge in [-0.3, -0.25) is 14.7 Å². The van der Waals surface area contributed by atoms with Crippen LogP contribution in [0.3, 0.4) is 0 Å². The number of hydrogen-bond acceptors (Lipinski definition) is 6. The topological polar surface area (TPSA) is 121 Å². The molecule has 2 aliphatic rings. The Balaban J connectivity index is 1.47. The van der Waals surface area contributed by atoms with Crippen molar-refractivity contribution in [1.82, 2.24) is 30.3 Å². The molecule has 2 aliphatic heterocycles. The van der Waals surface area contributed by atoms with E-state index in [9.17, 15) is 14.4 Å². The molecule has 148 valence electrons. The van der Waals surface area contributed by atoms with Gasteiger partial charge in [-0.2, -0.15) is 5.10 Å². The Morgan fingerprint density at radius 1 is 1.19 bits per heavy atom. The SMILES string of the molecule is COC(=O)NCC(=O)N1CCCC(C2CCN(C(=O)Cc3ncn[nH]3)C2)C1. The third kappa shape index (κ3) is 4.95. The molecule has 0 saturated carbocycles. The van der Waals surface area contributed by atoms with E-state index < -0.39 is 6.09 Å². The molecule has 2 unspecified atom stereocenters. The number of ether oxygens (including phenoxy) is 1. The van der Waals surface area contributed by atoms with Gasteiger partial charge >= 0.3 is 6.09 Å². The third-order valence-corrected chi connectivity index (χ3v) is 5.41. The minimum atomic E-state index is -0.603.